The van der Waals surface area contributed by atoms with Crippen molar-refractivity contribution in [3.63, 3.8) is 0 Å². The third-order valence-corrected chi connectivity index (χ3v) is 6.10. The van der Waals surface area contributed by atoms with Gasteiger partial charge in [-0.1, -0.05) is 19.3 Å². The summed E-state index contributed by atoms with van der Waals surface area (Å²) in [6, 6.07) is 3.20. The van der Waals surface area contributed by atoms with Crippen molar-refractivity contribution in [3.8, 4) is 0 Å². The second kappa shape index (κ2) is 6.75. The summed E-state index contributed by atoms with van der Waals surface area (Å²) in [5.41, 5.74) is -0.670. The number of pyridine rings is 1. The summed E-state index contributed by atoms with van der Waals surface area (Å²) >= 11 is 0. The van der Waals surface area contributed by atoms with Gasteiger partial charge in [-0.15, -0.1) is 0 Å². The summed E-state index contributed by atoms with van der Waals surface area (Å²) in [7, 11) is -3.47. The molecule has 0 unspecified atom stereocenters. The first-order chi connectivity index (χ1) is 11.0. The zero-order chi connectivity index (χ0) is 16.3. The van der Waals surface area contributed by atoms with Crippen LogP contribution in [-0.4, -0.2) is 37.2 Å². The highest BCUT2D eigenvalue weighted by molar-refractivity contribution is 7.89. The average molecular weight is 339 g/mol. The molecule has 0 spiro atoms. The van der Waals surface area contributed by atoms with Gasteiger partial charge < -0.3 is 10.4 Å². The van der Waals surface area contributed by atoms with Crippen molar-refractivity contribution in [1.29, 1.82) is 0 Å². The third-order valence-electron chi connectivity index (χ3n) is 4.69. The van der Waals surface area contributed by atoms with E-state index in [1.165, 1.54) is 12.6 Å². The topological polar surface area (TPSA) is 91.3 Å². The summed E-state index contributed by atoms with van der Waals surface area (Å²) in [5.74, 6) is 1.08. The number of hydrogen-bond acceptors (Lipinski definition) is 5. The van der Waals surface area contributed by atoms with Crippen LogP contribution in [0.4, 0.5) is 5.82 Å². The molecular weight excluding hydrogens is 314 g/mol. The monoisotopic (exact) mass is 339 g/mol. The van der Waals surface area contributed by atoms with Gasteiger partial charge >= 0.3 is 0 Å². The molecule has 0 saturated heterocycles. The van der Waals surface area contributed by atoms with Crippen LogP contribution in [0.3, 0.4) is 0 Å². The maximum atomic E-state index is 12.1. The predicted molar refractivity (Wildman–Crippen MR) is 88.7 cm³/mol. The third kappa shape index (κ3) is 4.65. The molecule has 128 valence electrons. The minimum Gasteiger partial charge on any atom is -0.388 e. The van der Waals surface area contributed by atoms with Gasteiger partial charge in [-0.2, -0.15) is 0 Å². The van der Waals surface area contributed by atoms with Crippen LogP contribution in [0, 0.1) is 5.92 Å². The van der Waals surface area contributed by atoms with Gasteiger partial charge in [0.1, 0.15) is 10.7 Å². The largest absolute Gasteiger partial charge is 0.388 e. The molecule has 3 N–H and O–H groups in total. The number of aliphatic hydroxyl groups is 1. The van der Waals surface area contributed by atoms with Gasteiger partial charge in [0.15, 0.2) is 0 Å². The summed E-state index contributed by atoms with van der Waals surface area (Å²) < 4.78 is 26.9. The SMILES string of the molecule is O=S(=O)(NCC1CC1)c1ccc(NCC2(O)CCCCC2)nc1. The van der Waals surface area contributed by atoms with Crippen LogP contribution >= 0.6 is 0 Å². The van der Waals surface area contributed by atoms with Gasteiger partial charge in [-0.3, -0.25) is 0 Å². The number of rotatable bonds is 7. The first kappa shape index (κ1) is 16.7. The minimum atomic E-state index is -3.47. The molecule has 1 aromatic heterocycles. The molecule has 3 rings (SSSR count). The number of aromatic nitrogens is 1. The van der Waals surface area contributed by atoms with Crippen molar-refractivity contribution in [2.24, 2.45) is 5.92 Å². The van der Waals surface area contributed by atoms with Gasteiger partial charge in [-0.25, -0.2) is 18.1 Å². The van der Waals surface area contributed by atoms with E-state index in [9.17, 15) is 13.5 Å². The maximum Gasteiger partial charge on any atom is 0.242 e. The van der Waals surface area contributed by atoms with Crippen LogP contribution < -0.4 is 10.0 Å². The van der Waals surface area contributed by atoms with Gasteiger partial charge in [-0.05, 0) is 43.7 Å². The molecule has 0 aromatic carbocycles. The van der Waals surface area contributed by atoms with Crippen molar-refractivity contribution >= 4 is 15.8 Å². The second-order valence-corrected chi connectivity index (χ2v) is 8.58. The van der Waals surface area contributed by atoms with Gasteiger partial charge in [0.2, 0.25) is 10.0 Å². The van der Waals surface area contributed by atoms with Crippen LogP contribution in [0.15, 0.2) is 23.2 Å². The number of nitrogens with zero attached hydrogens (tertiary/aromatic N) is 1. The Bertz CT molecular complexity index is 620. The summed E-state index contributed by atoms with van der Waals surface area (Å²) in [6.45, 7) is 0.960. The lowest BCUT2D eigenvalue weighted by atomic mass is 9.85. The summed E-state index contributed by atoms with van der Waals surface area (Å²) in [5, 5.41) is 13.6. The van der Waals surface area contributed by atoms with E-state index in [1.54, 1.807) is 12.1 Å². The Morgan fingerprint density at radius 3 is 2.57 bits per heavy atom. The Labute approximate surface area is 137 Å². The maximum absolute atomic E-state index is 12.1. The lowest BCUT2D eigenvalue weighted by Gasteiger charge is -2.32. The summed E-state index contributed by atoms with van der Waals surface area (Å²) in [6.07, 6.45) is 8.46. The second-order valence-electron chi connectivity index (χ2n) is 6.81. The quantitative estimate of drug-likeness (QED) is 0.705. The van der Waals surface area contributed by atoms with E-state index in [-0.39, 0.29) is 4.90 Å². The van der Waals surface area contributed by atoms with Crippen LogP contribution in [0.1, 0.15) is 44.9 Å². The number of nitrogens with one attached hydrogen (secondary N) is 2. The van der Waals surface area contributed by atoms with Crippen molar-refractivity contribution < 1.29 is 13.5 Å². The fourth-order valence-electron chi connectivity index (χ4n) is 2.92. The number of anilines is 1. The first-order valence-electron chi connectivity index (χ1n) is 8.39. The lowest BCUT2D eigenvalue weighted by molar-refractivity contribution is 0.0166. The molecule has 23 heavy (non-hydrogen) atoms. The molecule has 2 fully saturated rings. The van der Waals surface area contributed by atoms with Crippen molar-refractivity contribution in [2.45, 2.75) is 55.4 Å². The average Bonchev–Trinajstić information content (AvgIpc) is 3.37. The van der Waals surface area contributed by atoms with Crippen LogP contribution in [0.2, 0.25) is 0 Å². The van der Waals surface area contributed by atoms with Crippen molar-refractivity contribution in [1.82, 2.24) is 9.71 Å². The summed E-state index contributed by atoms with van der Waals surface area (Å²) in [4.78, 5) is 4.34. The Balaban J connectivity index is 1.55. The van der Waals surface area contributed by atoms with E-state index in [2.05, 4.69) is 15.0 Å². The highest BCUT2D eigenvalue weighted by atomic mass is 32.2. The molecule has 1 heterocycles. The van der Waals surface area contributed by atoms with Crippen LogP contribution in [-0.2, 0) is 10.0 Å². The molecular formula is C16H25N3O3S. The van der Waals surface area contributed by atoms with Crippen molar-refractivity contribution in [2.75, 3.05) is 18.4 Å². The number of sulfonamides is 1. The van der Waals surface area contributed by atoms with Crippen LogP contribution in [0.5, 0.6) is 0 Å². The lowest BCUT2D eigenvalue weighted by Crippen LogP contribution is -2.38. The Morgan fingerprint density at radius 1 is 1.22 bits per heavy atom. The van der Waals surface area contributed by atoms with Gasteiger partial charge in [0.25, 0.3) is 0 Å². The predicted octanol–water partition coefficient (Wildman–Crippen LogP) is 1.88. The van der Waals surface area contributed by atoms with E-state index in [0.717, 1.165) is 38.5 Å². The fraction of sp³-hybridized carbons (Fsp3) is 0.688. The molecule has 2 saturated carbocycles. The van der Waals surface area contributed by atoms with Gasteiger partial charge in [0, 0.05) is 19.3 Å². The zero-order valence-corrected chi connectivity index (χ0v) is 14.1. The molecule has 6 nitrogen and oxygen atoms in total. The zero-order valence-electron chi connectivity index (χ0n) is 13.3. The first-order valence-corrected chi connectivity index (χ1v) is 9.87. The minimum absolute atomic E-state index is 0.181. The normalized spacial score (nSPS) is 21.1. The molecule has 2 aliphatic rings. The van der Waals surface area contributed by atoms with Crippen LogP contribution in [0.25, 0.3) is 0 Å². The molecule has 0 aliphatic heterocycles. The molecule has 0 radical (unpaired) electrons. The van der Waals surface area contributed by atoms with E-state index >= 15 is 0 Å². The Hall–Kier alpha value is -1.18. The van der Waals surface area contributed by atoms with Gasteiger partial charge in [0.05, 0.1) is 5.60 Å². The Kier molecular flexibility index (Phi) is 4.89. The standard InChI is InChI=1S/C16H25N3O3S/c20-16(8-2-1-3-9-16)12-18-15-7-6-14(11-17-15)23(21,22)19-10-13-4-5-13/h6-7,11,13,19-20H,1-5,8-10,12H2,(H,17,18). The number of hydrogen-bond donors (Lipinski definition) is 3. The molecule has 1 aromatic rings. The van der Waals surface area contributed by atoms with E-state index in [0.29, 0.717) is 24.8 Å². The smallest absolute Gasteiger partial charge is 0.242 e. The molecule has 7 heteroatoms. The van der Waals surface area contributed by atoms with E-state index in [4.69, 9.17) is 0 Å². The highest BCUT2D eigenvalue weighted by Gasteiger charge is 2.29. The molecule has 0 amide bonds. The van der Waals surface area contributed by atoms with Crippen molar-refractivity contribution in [3.05, 3.63) is 18.3 Å². The molecule has 0 atom stereocenters. The van der Waals surface area contributed by atoms with E-state index in [1.807, 2.05) is 0 Å². The van der Waals surface area contributed by atoms with E-state index < -0.39 is 15.6 Å². The Morgan fingerprint density at radius 2 is 1.96 bits per heavy atom. The fourth-order valence-corrected chi connectivity index (χ4v) is 3.98. The molecule has 2 aliphatic carbocycles. The molecule has 0 bridgehead atoms. The highest BCUT2D eigenvalue weighted by Crippen LogP contribution is 2.29.